The van der Waals surface area contributed by atoms with Gasteiger partial charge in [0.1, 0.15) is 12.4 Å². The van der Waals surface area contributed by atoms with Gasteiger partial charge in [-0.15, -0.1) is 5.10 Å². The van der Waals surface area contributed by atoms with E-state index < -0.39 is 31.8 Å². The maximum absolute atomic E-state index is 13.5. The molecule has 1 heterocycles. The molecule has 0 saturated carbocycles. The highest BCUT2D eigenvalue weighted by molar-refractivity contribution is 7.90. The monoisotopic (exact) mass is 1180 g/mol. The van der Waals surface area contributed by atoms with E-state index in [2.05, 4.69) is 47.4 Å². The molecule has 466 valence electrons. The number of carbonyl (C=O) groups is 7. The zero-order valence-electron chi connectivity index (χ0n) is 50.9. The predicted octanol–water partition coefficient (Wildman–Crippen LogP) is 3.92. The lowest BCUT2D eigenvalue weighted by atomic mass is 9.89. The first-order chi connectivity index (χ1) is 38.5. The number of nitrogens with one attached hydrogen (secondary N) is 7. The van der Waals surface area contributed by atoms with E-state index >= 15 is 0 Å². The number of rotatable bonds is 44. The number of ether oxygens (including phenoxy) is 5. The summed E-state index contributed by atoms with van der Waals surface area (Å²) >= 11 is 0. The Morgan fingerprint density at radius 1 is 0.585 bits per heavy atom. The molecule has 0 saturated heterocycles. The van der Waals surface area contributed by atoms with Crippen molar-refractivity contribution in [3.05, 3.63) is 24.3 Å². The number of aromatic nitrogens is 2. The van der Waals surface area contributed by atoms with Crippen LogP contribution in [0, 0.1) is 33.5 Å². The summed E-state index contributed by atoms with van der Waals surface area (Å²) in [7, 11) is -3.67. The van der Waals surface area contributed by atoms with Gasteiger partial charge in [0.15, 0.2) is 0 Å². The fourth-order valence-electron chi connectivity index (χ4n) is 7.12. The minimum atomic E-state index is -3.67. The first kappa shape index (κ1) is 72.3. The topological polar surface area (TPSA) is 323 Å². The van der Waals surface area contributed by atoms with E-state index in [0.717, 1.165) is 19.1 Å². The number of nitrogens with zero attached hydrogens (tertiary/aromatic N) is 2. The van der Waals surface area contributed by atoms with Crippen molar-refractivity contribution >= 4 is 51.2 Å². The molecule has 82 heavy (non-hydrogen) atoms. The molecule has 7 N–H and O–H groups in total. The van der Waals surface area contributed by atoms with Gasteiger partial charge < -0.3 is 65.3 Å². The second-order valence-corrected chi connectivity index (χ2v) is 25.4. The van der Waals surface area contributed by atoms with Crippen LogP contribution in [0.1, 0.15) is 128 Å². The second kappa shape index (κ2) is 36.7. The van der Waals surface area contributed by atoms with E-state index in [1.165, 1.54) is 0 Å². The molecule has 2 unspecified atom stereocenters. The van der Waals surface area contributed by atoms with Crippen molar-refractivity contribution in [3.63, 3.8) is 0 Å². The molecule has 2 aromatic rings. The standard InChI is InChI=1S/C57H97N9O15S/c1-13-56(8,9)51(72)60-25-31-76-29-22-46(68)63-37-54(4,5)39-78-28-15-16-45(67)62-35-43(49(71)59-27-33-80-44-19-17-42(18-20-44)50-65-66-53(81-50)82(12,74)75)21-24-58-48(70)34-41(3)36-79-40-55(6,7)38-64-47(69)23-30-77-32-26-61-52(73)57(10,11)14-2/h17-20,41,43H,13-16,21-40H2,1-12H3,(H,58,70)(H,59,71)(H,60,72)(H,61,73)(H,62,67)(H,63,68)(H,64,69). The van der Waals surface area contributed by atoms with Gasteiger partial charge in [-0.3, -0.25) is 33.6 Å². The van der Waals surface area contributed by atoms with Gasteiger partial charge in [0.05, 0.1) is 52.1 Å². The Morgan fingerprint density at radius 3 is 1.63 bits per heavy atom. The van der Waals surface area contributed by atoms with Gasteiger partial charge >= 0.3 is 5.22 Å². The Bertz CT molecular complexity index is 2400. The lowest BCUT2D eigenvalue weighted by molar-refractivity contribution is -0.130. The molecular formula is C57H97N9O15S. The molecule has 0 fully saturated rings. The lowest BCUT2D eigenvalue weighted by Crippen LogP contribution is -2.42. The molecule has 0 radical (unpaired) electrons. The maximum atomic E-state index is 13.5. The zero-order valence-corrected chi connectivity index (χ0v) is 51.7. The van der Waals surface area contributed by atoms with Crippen LogP contribution in [0.2, 0.25) is 0 Å². The number of benzene rings is 1. The van der Waals surface area contributed by atoms with Crippen molar-refractivity contribution in [1.82, 2.24) is 47.4 Å². The predicted molar refractivity (Wildman–Crippen MR) is 309 cm³/mol. The zero-order chi connectivity index (χ0) is 61.4. The molecule has 0 aliphatic heterocycles. The molecule has 0 aliphatic carbocycles. The summed E-state index contributed by atoms with van der Waals surface area (Å²) < 4.78 is 57.4. The molecule has 1 aromatic carbocycles. The Kier molecular flexibility index (Phi) is 32.4. The molecule has 2 atom stereocenters. The third-order valence-corrected chi connectivity index (χ3v) is 14.2. The highest BCUT2D eigenvalue weighted by Crippen LogP contribution is 2.24. The summed E-state index contributed by atoms with van der Waals surface area (Å²) in [5.41, 5.74) is -1.18. The summed E-state index contributed by atoms with van der Waals surface area (Å²) in [4.78, 5) is 88.8. The van der Waals surface area contributed by atoms with E-state index in [1.807, 2.05) is 76.2 Å². The van der Waals surface area contributed by atoms with E-state index in [-0.39, 0.29) is 136 Å². The molecule has 24 nitrogen and oxygen atoms in total. The first-order valence-electron chi connectivity index (χ1n) is 28.5. The SMILES string of the molecule is CCC(C)(C)C(=O)NCCOCCC(=O)NCC(C)(C)COCCCC(=O)NCC(CCNC(=O)CC(C)COCC(C)(C)CNC(=O)CCOCCNC(=O)C(C)(C)CC)C(=O)NCCOc1ccc(-c2nnc(S(C)(=O)=O)o2)cc1. The van der Waals surface area contributed by atoms with Crippen LogP contribution in [0.25, 0.3) is 11.5 Å². The number of hydrogen-bond donors (Lipinski definition) is 7. The summed E-state index contributed by atoms with van der Waals surface area (Å²) in [5, 5.41) is 27.0. The van der Waals surface area contributed by atoms with Crippen molar-refractivity contribution < 1.29 is 70.1 Å². The van der Waals surface area contributed by atoms with Gasteiger partial charge in [-0.05, 0) is 55.9 Å². The van der Waals surface area contributed by atoms with Crippen molar-refractivity contribution in [2.45, 2.75) is 133 Å². The molecule has 0 aliphatic rings. The fourth-order valence-corrected chi connectivity index (χ4v) is 7.54. The smallest absolute Gasteiger partial charge is 0.335 e. The maximum Gasteiger partial charge on any atom is 0.335 e. The molecule has 0 spiro atoms. The second-order valence-electron chi connectivity index (χ2n) is 23.5. The van der Waals surface area contributed by atoms with Crippen LogP contribution in [-0.2, 0) is 62.3 Å². The number of sulfone groups is 1. The van der Waals surface area contributed by atoms with E-state index in [9.17, 15) is 42.0 Å². The number of hydrogen-bond acceptors (Lipinski definition) is 17. The van der Waals surface area contributed by atoms with Crippen molar-refractivity contribution in [1.29, 1.82) is 0 Å². The van der Waals surface area contributed by atoms with Gasteiger partial charge in [-0.25, -0.2) is 8.42 Å². The Balaban J connectivity index is 1.80. The van der Waals surface area contributed by atoms with Gasteiger partial charge in [0.25, 0.3) is 0 Å². The first-order valence-corrected chi connectivity index (χ1v) is 30.4. The molecule has 7 amide bonds. The molecule has 2 rings (SSSR count). The van der Waals surface area contributed by atoms with Crippen molar-refractivity contribution in [3.8, 4) is 17.2 Å². The Hall–Kier alpha value is -5.76. The molecule has 25 heteroatoms. The van der Waals surface area contributed by atoms with Crippen LogP contribution < -0.4 is 42.0 Å². The quantitative estimate of drug-likeness (QED) is 0.0463. The van der Waals surface area contributed by atoms with Gasteiger partial charge in [0, 0.05) is 112 Å². The summed E-state index contributed by atoms with van der Waals surface area (Å²) in [6, 6.07) is 6.51. The van der Waals surface area contributed by atoms with Crippen LogP contribution in [0.5, 0.6) is 5.75 Å². The average Bonchev–Trinajstić information content (AvgIpc) is 3.94. The Morgan fingerprint density at radius 2 is 1.11 bits per heavy atom. The van der Waals surface area contributed by atoms with Gasteiger partial charge in [-0.1, -0.05) is 81.3 Å². The van der Waals surface area contributed by atoms with Gasteiger partial charge in [-0.2, -0.15) is 0 Å². The van der Waals surface area contributed by atoms with Crippen molar-refractivity contribution in [2.24, 2.45) is 33.5 Å². The summed E-state index contributed by atoms with van der Waals surface area (Å²) in [6.07, 6.45) is 3.73. The van der Waals surface area contributed by atoms with Crippen LogP contribution in [-0.4, -0.2) is 171 Å². The van der Waals surface area contributed by atoms with E-state index in [1.54, 1.807) is 24.3 Å². The minimum absolute atomic E-state index is 0.0130. The van der Waals surface area contributed by atoms with Gasteiger partial charge in [0.2, 0.25) is 57.1 Å². The Labute approximate surface area is 486 Å². The largest absolute Gasteiger partial charge is 0.492 e. The molecule has 0 bridgehead atoms. The lowest BCUT2D eigenvalue weighted by Gasteiger charge is -2.25. The van der Waals surface area contributed by atoms with Crippen LogP contribution in [0.15, 0.2) is 33.9 Å². The van der Waals surface area contributed by atoms with Crippen LogP contribution >= 0.6 is 0 Å². The highest BCUT2D eigenvalue weighted by atomic mass is 32.2. The minimum Gasteiger partial charge on any atom is -0.492 e. The number of amides is 7. The third kappa shape index (κ3) is 31.1. The summed E-state index contributed by atoms with van der Waals surface area (Å²) in [5.74, 6) is -1.59. The fraction of sp³-hybridized carbons (Fsp3) is 0.737. The summed E-state index contributed by atoms with van der Waals surface area (Å²) in [6.45, 7) is 25.4. The van der Waals surface area contributed by atoms with Crippen molar-refractivity contribution in [2.75, 3.05) is 112 Å². The third-order valence-electron chi connectivity index (χ3n) is 13.4. The average molecular weight is 1180 g/mol. The highest BCUT2D eigenvalue weighted by Gasteiger charge is 2.27. The normalized spacial score (nSPS) is 12.9. The van der Waals surface area contributed by atoms with E-state index in [4.69, 9.17) is 28.1 Å². The molecular weight excluding hydrogens is 1080 g/mol. The molecule has 1 aromatic heterocycles. The van der Waals surface area contributed by atoms with Crippen LogP contribution in [0.4, 0.5) is 0 Å². The van der Waals surface area contributed by atoms with E-state index in [0.29, 0.717) is 83.6 Å². The number of carbonyl (C=O) groups excluding carboxylic acids is 7. The van der Waals surface area contributed by atoms with Crippen LogP contribution in [0.3, 0.4) is 0 Å².